The SMILES string of the molecule is COCCCOc1cc(C[C@H](C[C@H]2[C@H](C[C@H](C(=O)NCC(C)(C)C(N)=O)C(C)C)OC(COC3CCN(C)CC3)N2C(=O)O)C(C)C)ccc1OC. The van der Waals surface area contributed by atoms with Gasteiger partial charge in [0.1, 0.15) is 0 Å². The quantitative estimate of drug-likeness (QED) is 0.150. The first-order chi connectivity index (χ1) is 24.6. The fraction of sp³-hybridized carbons (Fsp3) is 0.769. The first-order valence-corrected chi connectivity index (χ1v) is 18.9. The molecule has 0 bridgehead atoms. The predicted molar refractivity (Wildman–Crippen MR) is 199 cm³/mol. The molecule has 4 N–H and O–H groups in total. The maximum absolute atomic E-state index is 13.7. The van der Waals surface area contributed by atoms with Crippen molar-refractivity contribution in [2.45, 2.75) is 105 Å². The van der Waals surface area contributed by atoms with Gasteiger partial charge in [-0.25, -0.2) is 4.79 Å². The lowest BCUT2D eigenvalue weighted by atomic mass is 9.80. The number of amides is 3. The average Bonchev–Trinajstić information content (AvgIpc) is 3.44. The number of nitrogens with one attached hydrogen (secondary N) is 1. The molecule has 3 rings (SSSR count). The Morgan fingerprint density at radius 2 is 1.73 bits per heavy atom. The summed E-state index contributed by atoms with van der Waals surface area (Å²) in [5, 5.41) is 13.6. The number of hydrogen-bond acceptors (Lipinski definition) is 9. The van der Waals surface area contributed by atoms with Crippen LogP contribution in [0.25, 0.3) is 0 Å². The molecule has 2 aliphatic rings. The number of primary amides is 1. The molecule has 5 atom stereocenters. The van der Waals surface area contributed by atoms with E-state index in [4.69, 9.17) is 29.4 Å². The highest BCUT2D eigenvalue weighted by atomic mass is 16.6. The number of rotatable bonds is 21. The van der Waals surface area contributed by atoms with Crippen LogP contribution in [0.15, 0.2) is 18.2 Å². The maximum atomic E-state index is 13.7. The molecule has 1 aromatic rings. The first-order valence-electron chi connectivity index (χ1n) is 18.9. The highest BCUT2D eigenvalue weighted by molar-refractivity contribution is 5.83. The van der Waals surface area contributed by atoms with Gasteiger partial charge in [0.05, 0.1) is 44.0 Å². The van der Waals surface area contributed by atoms with Gasteiger partial charge in [0.15, 0.2) is 17.7 Å². The third-order valence-electron chi connectivity index (χ3n) is 10.8. The number of ether oxygens (including phenoxy) is 5. The lowest BCUT2D eigenvalue weighted by Crippen LogP contribution is -2.47. The number of likely N-dealkylation sites (tertiary alicyclic amines) is 1. The molecular weight excluding hydrogens is 668 g/mol. The van der Waals surface area contributed by atoms with Gasteiger partial charge in [0, 0.05) is 45.7 Å². The Balaban J connectivity index is 1.90. The smallest absolute Gasteiger partial charge is 0.409 e. The molecule has 2 heterocycles. The number of carbonyl (C=O) groups is 3. The molecule has 52 heavy (non-hydrogen) atoms. The van der Waals surface area contributed by atoms with Crippen LogP contribution in [0.4, 0.5) is 4.79 Å². The van der Waals surface area contributed by atoms with E-state index in [1.54, 1.807) is 28.1 Å². The van der Waals surface area contributed by atoms with Crippen molar-refractivity contribution in [2.24, 2.45) is 34.8 Å². The van der Waals surface area contributed by atoms with Gasteiger partial charge in [-0.05, 0) is 88.4 Å². The summed E-state index contributed by atoms with van der Waals surface area (Å²) < 4.78 is 29.7. The number of nitrogens with zero attached hydrogens (tertiary/aromatic N) is 2. The van der Waals surface area contributed by atoms with Gasteiger partial charge in [-0.3, -0.25) is 14.5 Å². The number of piperidine rings is 1. The number of hydrogen-bond donors (Lipinski definition) is 3. The van der Waals surface area contributed by atoms with Gasteiger partial charge in [0.2, 0.25) is 11.8 Å². The van der Waals surface area contributed by atoms with Crippen LogP contribution in [0.1, 0.15) is 79.2 Å². The summed E-state index contributed by atoms with van der Waals surface area (Å²) >= 11 is 0. The molecule has 0 radical (unpaired) electrons. The summed E-state index contributed by atoms with van der Waals surface area (Å²) in [6, 6.07) is 5.42. The maximum Gasteiger partial charge on any atom is 0.409 e. The first kappa shape index (κ1) is 43.3. The molecule has 0 aromatic heterocycles. The van der Waals surface area contributed by atoms with Gasteiger partial charge in [-0.1, -0.05) is 33.8 Å². The van der Waals surface area contributed by atoms with Crippen molar-refractivity contribution in [1.82, 2.24) is 15.1 Å². The standard InChI is InChI=1S/C39H66N4O9/c1-25(2)28(19-27-11-12-32(49-9)34(20-27)50-18-10-17-48-8)21-31-33(22-30(26(3)4)36(44)41-24-39(5,6)37(40)45)52-35(43(31)38(46)47)23-51-29-13-15-42(7)16-14-29/h11-12,20,25-26,28-31,33,35H,10,13-19,21-24H2,1-9H3,(H2,40,45)(H,41,44)(H,46,47)/t28-,30+,31+,33+,35?/m1/s1. The molecule has 2 fully saturated rings. The van der Waals surface area contributed by atoms with Crippen LogP contribution in [-0.2, 0) is 30.2 Å². The van der Waals surface area contributed by atoms with Crippen molar-refractivity contribution < 1.29 is 43.2 Å². The molecular formula is C39H66N4O9. The average molecular weight is 735 g/mol. The molecule has 1 aromatic carbocycles. The zero-order valence-electron chi connectivity index (χ0n) is 33.0. The number of nitrogens with two attached hydrogens (primary N) is 1. The second-order valence-corrected chi connectivity index (χ2v) is 15.9. The minimum Gasteiger partial charge on any atom is -0.493 e. The topological polar surface area (TPSA) is 162 Å². The Labute approximate surface area is 311 Å². The molecule has 2 saturated heterocycles. The van der Waals surface area contributed by atoms with Gasteiger partial charge in [-0.2, -0.15) is 0 Å². The number of carbonyl (C=O) groups excluding carboxylic acids is 2. The van der Waals surface area contributed by atoms with Crippen LogP contribution in [0, 0.1) is 29.1 Å². The lowest BCUT2D eigenvalue weighted by Gasteiger charge is -2.33. The van der Waals surface area contributed by atoms with E-state index in [9.17, 15) is 19.5 Å². The molecule has 13 nitrogen and oxygen atoms in total. The van der Waals surface area contributed by atoms with Crippen LogP contribution in [0.2, 0.25) is 0 Å². The third kappa shape index (κ3) is 12.5. The summed E-state index contributed by atoms with van der Waals surface area (Å²) in [7, 11) is 5.36. The Bertz CT molecular complexity index is 1280. The zero-order chi connectivity index (χ0) is 38.6. The van der Waals surface area contributed by atoms with Crippen LogP contribution in [0.5, 0.6) is 11.5 Å². The van der Waals surface area contributed by atoms with Gasteiger partial charge in [-0.15, -0.1) is 0 Å². The summed E-state index contributed by atoms with van der Waals surface area (Å²) in [4.78, 5) is 42.4. The van der Waals surface area contributed by atoms with Crippen molar-refractivity contribution in [2.75, 3.05) is 60.7 Å². The van der Waals surface area contributed by atoms with E-state index in [0.29, 0.717) is 44.0 Å². The molecule has 0 spiro atoms. The number of benzene rings is 1. The second-order valence-electron chi connectivity index (χ2n) is 15.9. The van der Waals surface area contributed by atoms with Crippen LogP contribution in [-0.4, -0.2) is 118 Å². The predicted octanol–water partition coefficient (Wildman–Crippen LogP) is 4.79. The molecule has 13 heteroatoms. The van der Waals surface area contributed by atoms with E-state index >= 15 is 0 Å². The van der Waals surface area contributed by atoms with E-state index in [2.05, 4.69) is 31.1 Å². The largest absolute Gasteiger partial charge is 0.493 e. The third-order valence-corrected chi connectivity index (χ3v) is 10.8. The molecule has 3 amide bonds. The lowest BCUT2D eigenvalue weighted by molar-refractivity contribution is -0.130. The fourth-order valence-corrected chi connectivity index (χ4v) is 6.99. The van der Waals surface area contributed by atoms with Gasteiger partial charge in [0.25, 0.3) is 0 Å². The highest BCUT2D eigenvalue weighted by Gasteiger charge is 2.48. The minimum atomic E-state index is -1.07. The minimum absolute atomic E-state index is 0.0279. The molecule has 2 aliphatic heterocycles. The van der Waals surface area contributed by atoms with E-state index in [0.717, 1.165) is 37.9 Å². The van der Waals surface area contributed by atoms with E-state index < -0.39 is 41.7 Å². The van der Waals surface area contributed by atoms with Crippen molar-refractivity contribution >= 4 is 17.9 Å². The van der Waals surface area contributed by atoms with Crippen LogP contribution >= 0.6 is 0 Å². The van der Waals surface area contributed by atoms with E-state index in [1.807, 2.05) is 32.0 Å². The number of methoxy groups -OCH3 is 2. The van der Waals surface area contributed by atoms with Crippen molar-refractivity contribution in [3.63, 3.8) is 0 Å². The molecule has 1 unspecified atom stereocenters. The second kappa shape index (κ2) is 20.4. The van der Waals surface area contributed by atoms with Gasteiger partial charge < -0.3 is 44.7 Å². The van der Waals surface area contributed by atoms with E-state index in [1.165, 1.54) is 4.90 Å². The summed E-state index contributed by atoms with van der Waals surface area (Å²) in [6.45, 7) is 14.8. The van der Waals surface area contributed by atoms with Crippen LogP contribution < -0.4 is 20.5 Å². The summed E-state index contributed by atoms with van der Waals surface area (Å²) in [5.41, 5.74) is 5.71. The van der Waals surface area contributed by atoms with E-state index in [-0.39, 0.29) is 42.9 Å². The van der Waals surface area contributed by atoms with Crippen LogP contribution in [0.3, 0.4) is 0 Å². The molecule has 296 valence electrons. The summed E-state index contributed by atoms with van der Waals surface area (Å²) in [6.07, 6.45) is 1.60. The van der Waals surface area contributed by atoms with Gasteiger partial charge >= 0.3 is 6.09 Å². The molecule has 0 saturated carbocycles. The Hall–Kier alpha value is -3.13. The molecule has 0 aliphatic carbocycles. The Kier molecular flexibility index (Phi) is 16.9. The monoisotopic (exact) mass is 734 g/mol. The zero-order valence-corrected chi connectivity index (χ0v) is 33.0. The normalized spacial score (nSPS) is 21.4. The Morgan fingerprint density at radius 3 is 2.31 bits per heavy atom. The fourth-order valence-electron chi connectivity index (χ4n) is 6.99. The summed E-state index contributed by atoms with van der Waals surface area (Å²) in [5.74, 6) is 0.310. The van der Waals surface area contributed by atoms with Crippen molar-refractivity contribution in [3.05, 3.63) is 23.8 Å². The Morgan fingerprint density at radius 1 is 1.04 bits per heavy atom. The number of carboxylic acid groups (broad SMARTS) is 1. The van der Waals surface area contributed by atoms with Crippen molar-refractivity contribution in [3.8, 4) is 11.5 Å². The highest BCUT2D eigenvalue weighted by Crippen LogP contribution is 2.38. The van der Waals surface area contributed by atoms with Crippen molar-refractivity contribution in [1.29, 1.82) is 0 Å².